The van der Waals surface area contributed by atoms with Crippen LogP contribution in [0.1, 0.15) is 38.3 Å². The molecule has 0 bridgehead atoms. The van der Waals surface area contributed by atoms with E-state index < -0.39 is 0 Å². The van der Waals surface area contributed by atoms with Gasteiger partial charge in [0.1, 0.15) is 0 Å². The zero-order valence-electron chi connectivity index (χ0n) is 9.25. The summed E-state index contributed by atoms with van der Waals surface area (Å²) in [7, 11) is 1.96. The van der Waals surface area contributed by atoms with Crippen LogP contribution in [0.3, 0.4) is 0 Å². The molecule has 0 saturated heterocycles. The highest BCUT2D eigenvalue weighted by atomic mass is 15.2. The Balaban J connectivity index is 1.86. The number of aromatic nitrogens is 2. The molecule has 2 rings (SSSR count). The molecule has 1 aliphatic rings. The lowest BCUT2D eigenvalue weighted by Gasteiger charge is -2.15. The first-order chi connectivity index (χ1) is 6.59. The largest absolute Gasteiger partial charge is 0.310 e. The van der Waals surface area contributed by atoms with Crippen LogP contribution in [0.2, 0.25) is 0 Å². The lowest BCUT2D eigenvalue weighted by atomic mass is 10.1. The van der Waals surface area contributed by atoms with Crippen molar-refractivity contribution in [2.75, 3.05) is 6.54 Å². The second-order valence-corrected chi connectivity index (χ2v) is 4.86. The van der Waals surface area contributed by atoms with Crippen LogP contribution in [0.4, 0.5) is 0 Å². The molecule has 0 aliphatic heterocycles. The van der Waals surface area contributed by atoms with Gasteiger partial charge in [-0.2, -0.15) is 5.10 Å². The number of hydrogen-bond acceptors (Lipinski definition) is 2. The van der Waals surface area contributed by atoms with Crippen molar-refractivity contribution in [2.24, 2.45) is 12.5 Å². The van der Waals surface area contributed by atoms with Gasteiger partial charge < -0.3 is 5.32 Å². The number of rotatable bonds is 4. The Hall–Kier alpha value is -0.830. The smallest absolute Gasteiger partial charge is 0.0537 e. The lowest BCUT2D eigenvalue weighted by Crippen LogP contribution is -2.24. The summed E-state index contributed by atoms with van der Waals surface area (Å²) in [6, 6.07) is 0.418. The molecule has 0 amide bonds. The first kappa shape index (κ1) is 9.71. The molecular formula is C11H19N3. The van der Waals surface area contributed by atoms with Gasteiger partial charge in [-0.15, -0.1) is 0 Å². The van der Waals surface area contributed by atoms with Gasteiger partial charge in [0.15, 0.2) is 0 Å². The van der Waals surface area contributed by atoms with E-state index in [9.17, 15) is 0 Å². The molecule has 1 saturated carbocycles. The summed E-state index contributed by atoms with van der Waals surface area (Å²) < 4.78 is 1.85. The van der Waals surface area contributed by atoms with Crippen LogP contribution >= 0.6 is 0 Å². The number of aryl methyl sites for hydroxylation is 1. The molecule has 1 aliphatic carbocycles. The van der Waals surface area contributed by atoms with Crippen molar-refractivity contribution in [1.82, 2.24) is 15.1 Å². The number of hydrogen-bond donors (Lipinski definition) is 1. The van der Waals surface area contributed by atoms with Crippen molar-refractivity contribution >= 4 is 0 Å². The van der Waals surface area contributed by atoms with Gasteiger partial charge in [-0.25, -0.2) is 0 Å². The fourth-order valence-corrected chi connectivity index (χ4v) is 1.57. The predicted molar refractivity (Wildman–Crippen MR) is 57.0 cm³/mol. The molecule has 1 unspecified atom stereocenters. The maximum Gasteiger partial charge on any atom is 0.0537 e. The van der Waals surface area contributed by atoms with Gasteiger partial charge in [-0.1, -0.05) is 6.92 Å². The number of nitrogens with zero attached hydrogens (tertiary/aromatic N) is 2. The first-order valence-electron chi connectivity index (χ1n) is 5.31. The molecule has 1 heterocycles. The molecule has 1 N–H and O–H groups in total. The van der Waals surface area contributed by atoms with Gasteiger partial charge in [0, 0.05) is 31.4 Å². The second-order valence-electron chi connectivity index (χ2n) is 4.86. The van der Waals surface area contributed by atoms with Crippen molar-refractivity contribution < 1.29 is 0 Å². The highest BCUT2D eigenvalue weighted by Gasteiger charge is 2.36. The van der Waals surface area contributed by atoms with Crippen molar-refractivity contribution in [3.8, 4) is 0 Å². The molecular weight excluding hydrogens is 174 g/mol. The van der Waals surface area contributed by atoms with Gasteiger partial charge in [-0.05, 0) is 25.2 Å². The molecule has 3 heteroatoms. The summed E-state index contributed by atoms with van der Waals surface area (Å²) >= 11 is 0. The van der Waals surface area contributed by atoms with Gasteiger partial charge in [0.2, 0.25) is 0 Å². The Morgan fingerprint density at radius 1 is 1.64 bits per heavy atom. The van der Waals surface area contributed by atoms with Crippen molar-refractivity contribution in [3.63, 3.8) is 0 Å². The SMILES string of the molecule is CC(NCC1(C)CC1)c1cnn(C)c1. The van der Waals surface area contributed by atoms with Gasteiger partial charge in [-0.3, -0.25) is 4.68 Å². The van der Waals surface area contributed by atoms with E-state index in [1.807, 2.05) is 17.9 Å². The van der Waals surface area contributed by atoms with Crippen molar-refractivity contribution in [3.05, 3.63) is 18.0 Å². The Bertz CT molecular complexity index is 312. The molecule has 1 aromatic rings. The normalized spacial score (nSPS) is 20.8. The quantitative estimate of drug-likeness (QED) is 0.791. The van der Waals surface area contributed by atoms with Crippen LogP contribution in [0.15, 0.2) is 12.4 Å². The van der Waals surface area contributed by atoms with Crippen LogP contribution in [-0.4, -0.2) is 16.3 Å². The monoisotopic (exact) mass is 193 g/mol. The summed E-state index contributed by atoms with van der Waals surface area (Å²) in [6.45, 7) is 5.67. The average molecular weight is 193 g/mol. The highest BCUT2D eigenvalue weighted by Crippen LogP contribution is 2.44. The van der Waals surface area contributed by atoms with Crippen LogP contribution in [0.25, 0.3) is 0 Å². The third kappa shape index (κ3) is 2.15. The Labute approximate surface area is 85.5 Å². The minimum atomic E-state index is 0.418. The maximum atomic E-state index is 4.17. The van der Waals surface area contributed by atoms with E-state index in [1.165, 1.54) is 18.4 Å². The summed E-state index contributed by atoms with van der Waals surface area (Å²) in [5, 5.41) is 7.74. The maximum absolute atomic E-state index is 4.17. The fourth-order valence-electron chi connectivity index (χ4n) is 1.57. The second kappa shape index (κ2) is 3.39. The van der Waals surface area contributed by atoms with E-state index in [2.05, 4.69) is 30.5 Å². The van der Waals surface area contributed by atoms with Gasteiger partial charge >= 0.3 is 0 Å². The Kier molecular flexibility index (Phi) is 2.35. The van der Waals surface area contributed by atoms with Crippen molar-refractivity contribution in [1.29, 1.82) is 0 Å². The molecule has 1 aromatic heterocycles. The summed E-state index contributed by atoms with van der Waals surface area (Å²) in [6.07, 6.45) is 6.76. The van der Waals surface area contributed by atoms with Crippen LogP contribution < -0.4 is 5.32 Å². The van der Waals surface area contributed by atoms with Gasteiger partial charge in [0.05, 0.1) is 6.20 Å². The molecule has 1 atom stereocenters. The molecule has 0 radical (unpaired) electrons. The van der Waals surface area contributed by atoms with Gasteiger partial charge in [0.25, 0.3) is 0 Å². The van der Waals surface area contributed by atoms with Crippen LogP contribution in [-0.2, 0) is 7.05 Å². The lowest BCUT2D eigenvalue weighted by molar-refractivity contribution is 0.457. The van der Waals surface area contributed by atoms with E-state index in [1.54, 1.807) is 0 Å². The van der Waals surface area contributed by atoms with E-state index >= 15 is 0 Å². The molecule has 0 aromatic carbocycles. The summed E-state index contributed by atoms with van der Waals surface area (Å²) in [5.74, 6) is 0. The van der Waals surface area contributed by atoms with E-state index in [-0.39, 0.29) is 0 Å². The summed E-state index contributed by atoms with van der Waals surface area (Å²) in [5.41, 5.74) is 1.85. The number of nitrogens with one attached hydrogen (secondary N) is 1. The Morgan fingerprint density at radius 2 is 2.36 bits per heavy atom. The average Bonchev–Trinajstić information content (AvgIpc) is 2.71. The predicted octanol–water partition coefficient (Wildman–Crippen LogP) is 1.87. The first-order valence-corrected chi connectivity index (χ1v) is 5.31. The zero-order valence-corrected chi connectivity index (χ0v) is 9.25. The van der Waals surface area contributed by atoms with Crippen molar-refractivity contribution in [2.45, 2.75) is 32.7 Å². The highest BCUT2D eigenvalue weighted by molar-refractivity contribution is 5.09. The van der Waals surface area contributed by atoms with Crippen LogP contribution in [0.5, 0.6) is 0 Å². The minimum Gasteiger partial charge on any atom is -0.310 e. The van der Waals surface area contributed by atoms with E-state index in [4.69, 9.17) is 0 Å². The molecule has 14 heavy (non-hydrogen) atoms. The minimum absolute atomic E-state index is 0.418. The zero-order chi connectivity index (χ0) is 10.2. The summed E-state index contributed by atoms with van der Waals surface area (Å²) in [4.78, 5) is 0. The van der Waals surface area contributed by atoms with E-state index in [0.29, 0.717) is 11.5 Å². The molecule has 1 fully saturated rings. The fraction of sp³-hybridized carbons (Fsp3) is 0.727. The molecule has 0 spiro atoms. The topological polar surface area (TPSA) is 29.9 Å². The van der Waals surface area contributed by atoms with Crippen LogP contribution in [0, 0.1) is 5.41 Å². The van der Waals surface area contributed by atoms with E-state index in [0.717, 1.165) is 6.54 Å². The molecule has 78 valence electrons. The third-order valence-electron chi connectivity index (χ3n) is 3.16. The Morgan fingerprint density at radius 3 is 2.86 bits per heavy atom. The third-order valence-corrected chi connectivity index (χ3v) is 3.16. The standard InChI is InChI=1S/C11H19N3/c1-9(10-6-13-14(3)7-10)12-8-11(2)4-5-11/h6-7,9,12H,4-5,8H2,1-3H3. The molecule has 3 nitrogen and oxygen atoms in total.